The second-order valence-electron chi connectivity index (χ2n) is 8.20. The van der Waals surface area contributed by atoms with E-state index in [1.54, 1.807) is 16.9 Å². The van der Waals surface area contributed by atoms with E-state index in [-0.39, 0.29) is 6.10 Å². The zero-order valence-corrected chi connectivity index (χ0v) is 15.0. The largest absolute Gasteiger partial charge is 0.387 e. The molecule has 0 unspecified atom stereocenters. The summed E-state index contributed by atoms with van der Waals surface area (Å²) in [6.07, 6.45) is 11.9. The van der Waals surface area contributed by atoms with Gasteiger partial charge in [-0.2, -0.15) is 0 Å². The van der Waals surface area contributed by atoms with E-state index < -0.39 is 0 Å². The molecular weight excluding hydrogens is 338 g/mol. The van der Waals surface area contributed by atoms with Crippen LogP contribution < -0.4 is 0 Å². The molecule has 124 valence electrons. The summed E-state index contributed by atoms with van der Waals surface area (Å²) in [5.41, 5.74) is 4.40. The predicted molar refractivity (Wildman–Crippen MR) is 97.4 cm³/mol. The molecule has 2 atom stereocenters. The lowest BCUT2D eigenvalue weighted by molar-refractivity contribution is 0.0669. The zero-order chi connectivity index (χ0) is 15.8. The lowest BCUT2D eigenvalue weighted by Crippen LogP contribution is -2.41. The fraction of sp³-hybridized carbons (Fsp3) is 0.550. The molecule has 0 N–H and O–H groups in total. The van der Waals surface area contributed by atoms with Gasteiger partial charge >= 0.3 is 0 Å². The van der Waals surface area contributed by atoms with Crippen molar-refractivity contribution in [2.75, 3.05) is 0 Å². The summed E-state index contributed by atoms with van der Waals surface area (Å²) in [7, 11) is 0. The van der Waals surface area contributed by atoms with Crippen LogP contribution in [0.3, 0.4) is 0 Å². The maximum atomic E-state index is 6.16. The molecule has 5 aliphatic carbocycles. The van der Waals surface area contributed by atoms with Gasteiger partial charge in [-0.15, -0.1) is 11.3 Å². The first-order valence-corrected chi connectivity index (χ1v) is 10.4. The van der Waals surface area contributed by atoms with Crippen molar-refractivity contribution in [2.24, 2.45) is 34.7 Å². The van der Waals surface area contributed by atoms with Crippen molar-refractivity contribution in [3.63, 3.8) is 0 Å². The molecule has 1 aliphatic heterocycles. The van der Waals surface area contributed by atoms with Crippen LogP contribution in [0.5, 0.6) is 0 Å². The van der Waals surface area contributed by atoms with Gasteiger partial charge in [-0.25, -0.2) is 0 Å². The number of hydrogen-bond donors (Lipinski definition) is 0. The first-order chi connectivity index (χ1) is 11.8. The van der Waals surface area contributed by atoms with Crippen LogP contribution in [0.15, 0.2) is 40.6 Å². The van der Waals surface area contributed by atoms with Crippen molar-refractivity contribution >= 4 is 28.6 Å². The minimum atomic E-state index is 0.0977. The van der Waals surface area contributed by atoms with Gasteiger partial charge in [0.25, 0.3) is 0 Å². The van der Waals surface area contributed by atoms with Crippen LogP contribution in [0.2, 0.25) is 4.34 Å². The van der Waals surface area contributed by atoms with Gasteiger partial charge in [0.15, 0.2) is 6.10 Å². The molecule has 2 heterocycles. The molecule has 24 heavy (non-hydrogen) atoms. The first kappa shape index (κ1) is 14.1. The number of nitrogens with zero attached hydrogens (tertiary/aromatic N) is 1. The number of allylic oxidation sites excluding steroid dienone is 2. The summed E-state index contributed by atoms with van der Waals surface area (Å²) in [6.45, 7) is 0. The summed E-state index contributed by atoms with van der Waals surface area (Å²) in [5.74, 6) is 3.96. The van der Waals surface area contributed by atoms with Gasteiger partial charge < -0.3 is 4.84 Å². The zero-order valence-electron chi connectivity index (χ0n) is 13.5. The third-order valence-corrected chi connectivity index (χ3v) is 8.13. The van der Waals surface area contributed by atoms with Crippen LogP contribution in [0.25, 0.3) is 0 Å². The maximum Gasteiger partial charge on any atom is 0.158 e. The smallest absolute Gasteiger partial charge is 0.158 e. The number of thiophene rings is 1. The number of fused-ring (bicyclic) bond motifs is 1. The summed E-state index contributed by atoms with van der Waals surface area (Å²) >= 11 is 7.78. The Labute approximate surface area is 151 Å². The van der Waals surface area contributed by atoms with Crippen molar-refractivity contribution in [1.29, 1.82) is 0 Å². The van der Waals surface area contributed by atoms with Crippen molar-refractivity contribution in [3.8, 4) is 0 Å². The van der Waals surface area contributed by atoms with E-state index in [0.717, 1.165) is 38.6 Å². The standard InChI is InChI=1S/C20H20ClNOS/c21-17-4-3-16(24-17)20-19-14(1-2-15(19)23-22-20)18-12-6-10-5-11(8-12)9-13(18)7-10/h1-4,10-13,15,19H,5-9H2/t10?,11?,12?,13?,15-,19+/m0/s1. The molecule has 4 bridgehead atoms. The van der Waals surface area contributed by atoms with Crippen molar-refractivity contribution < 1.29 is 4.84 Å². The van der Waals surface area contributed by atoms with Crippen LogP contribution in [-0.4, -0.2) is 11.8 Å². The maximum absolute atomic E-state index is 6.16. The van der Waals surface area contributed by atoms with E-state index >= 15 is 0 Å². The first-order valence-electron chi connectivity index (χ1n) is 9.18. The molecule has 0 spiro atoms. The van der Waals surface area contributed by atoms with Crippen molar-refractivity contribution in [2.45, 2.75) is 38.2 Å². The van der Waals surface area contributed by atoms with Gasteiger partial charge in [-0.05, 0) is 79.6 Å². The Kier molecular flexibility index (Phi) is 2.94. The van der Waals surface area contributed by atoms with Crippen LogP contribution >= 0.6 is 22.9 Å². The summed E-state index contributed by atoms with van der Waals surface area (Å²) in [4.78, 5) is 6.92. The molecule has 2 nitrogen and oxygen atoms in total. The number of hydrogen-bond acceptors (Lipinski definition) is 3. The molecule has 0 saturated heterocycles. The van der Waals surface area contributed by atoms with Crippen LogP contribution in [0, 0.1) is 29.6 Å². The molecule has 4 heteroatoms. The minimum absolute atomic E-state index is 0.0977. The minimum Gasteiger partial charge on any atom is -0.387 e. The number of halogens is 1. The molecule has 6 aliphatic rings. The normalized spacial score (nSPS) is 41.8. The lowest BCUT2D eigenvalue weighted by Gasteiger charge is -2.52. The van der Waals surface area contributed by atoms with E-state index in [1.165, 1.54) is 37.7 Å². The highest BCUT2D eigenvalue weighted by Crippen LogP contribution is 2.58. The average Bonchev–Trinajstić information content (AvgIpc) is 3.23. The molecule has 0 aromatic carbocycles. The SMILES string of the molecule is Clc1ccc(C2=NO[C@H]3C=CC(=C4C5CC6CC(C5)CC4C6)[C@@H]23)s1. The Morgan fingerprint density at radius 3 is 2.46 bits per heavy atom. The van der Waals surface area contributed by atoms with Crippen molar-refractivity contribution in [3.05, 3.63) is 44.6 Å². The Bertz CT molecular complexity index is 774. The second kappa shape index (κ2) is 4.98. The fourth-order valence-corrected chi connectivity index (χ4v) is 7.32. The third-order valence-electron chi connectivity index (χ3n) is 6.87. The number of rotatable bonds is 1. The molecule has 4 saturated carbocycles. The molecule has 4 fully saturated rings. The quantitative estimate of drug-likeness (QED) is 0.655. The van der Waals surface area contributed by atoms with Crippen molar-refractivity contribution in [1.82, 2.24) is 0 Å². The van der Waals surface area contributed by atoms with E-state index in [9.17, 15) is 0 Å². The third kappa shape index (κ3) is 1.91. The van der Waals surface area contributed by atoms with Gasteiger partial charge in [0.05, 0.1) is 15.1 Å². The van der Waals surface area contributed by atoms with Gasteiger partial charge in [-0.3, -0.25) is 0 Å². The molecule has 1 aromatic rings. The topological polar surface area (TPSA) is 21.6 Å². The number of oxime groups is 1. The Hall–Kier alpha value is -1.06. The van der Waals surface area contributed by atoms with E-state index in [4.69, 9.17) is 16.4 Å². The van der Waals surface area contributed by atoms with E-state index in [1.807, 2.05) is 6.07 Å². The summed E-state index contributed by atoms with van der Waals surface area (Å²) in [5, 5.41) is 4.45. The van der Waals surface area contributed by atoms with E-state index in [0.29, 0.717) is 5.92 Å². The predicted octanol–water partition coefficient (Wildman–Crippen LogP) is 5.44. The Morgan fingerprint density at radius 1 is 1.04 bits per heavy atom. The molecule has 0 radical (unpaired) electrons. The van der Waals surface area contributed by atoms with Gasteiger partial charge in [-0.1, -0.05) is 28.4 Å². The van der Waals surface area contributed by atoms with E-state index in [2.05, 4.69) is 23.4 Å². The van der Waals surface area contributed by atoms with Crippen LogP contribution in [0.4, 0.5) is 0 Å². The Balaban J connectivity index is 1.43. The van der Waals surface area contributed by atoms with Gasteiger partial charge in [0.1, 0.15) is 5.71 Å². The van der Waals surface area contributed by atoms with Gasteiger partial charge in [0.2, 0.25) is 0 Å². The Morgan fingerprint density at radius 2 is 1.79 bits per heavy atom. The monoisotopic (exact) mass is 357 g/mol. The highest BCUT2D eigenvalue weighted by Gasteiger charge is 2.49. The molecular formula is C20H20ClNOS. The van der Waals surface area contributed by atoms with Crippen LogP contribution in [-0.2, 0) is 4.84 Å². The highest BCUT2D eigenvalue weighted by atomic mass is 35.5. The molecule has 7 rings (SSSR count). The van der Waals surface area contributed by atoms with Crippen LogP contribution in [0.1, 0.15) is 37.0 Å². The summed E-state index contributed by atoms with van der Waals surface area (Å²) in [6, 6.07) is 4.06. The second-order valence-corrected chi connectivity index (χ2v) is 9.92. The highest BCUT2D eigenvalue weighted by molar-refractivity contribution is 7.18. The summed E-state index contributed by atoms with van der Waals surface area (Å²) < 4.78 is 0.825. The molecule has 0 amide bonds. The fourth-order valence-electron chi connectivity index (χ4n) is 6.25. The lowest BCUT2D eigenvalue weighted by atomic mass is 9.53. The molecule has 1 aromatic heterocycles. The average molecular weight is 358 g/mol. The van der Waals surface area contributed by atoms with Gasteiger partial charge in [0, 0.05) is 0 Å².